The molecule has 0 heterocycles. The summed E-state index contributed by atoms with van der Waals surface area (Å²) in [4.78, 5) is 11.4. The first-order chi connectivity index (χ1) is 7.67. The number of carbonyl (C=O) groups is 1. The second kappa shape index (κ2) is 5.29. The summed E-state index contributed by atoms with van der Waals surface area (Å²) < 4.78 is 4.60. The summed E-state index contributed by atoms with van der Waals surface area (Å²) in [5.41, 5.74) is 2.04. The number of hydrogen-bond acceptors (Lipinski definition) is 4. The molecule has 0 fully saturated rings. The highest BCUT2D eigenvalue weighted by Gasteiger charge is 2.13. The highest BCUT2D eigenvalue weighted by molar-refractivity contribution is 5.90. The Hall–Kier alpha value is -1.86. The van der Waals surface area contributed by atoms with Gasteiger partial charge in [-0.3, -0.25) is 0 Å². The summed E-state index contributed by atoms with van der Waals surface area (Å²) in [6, 6.07) is 5.06. The lowest BCUT2D eigenvalue weighted by atomic mass is 9.97. The van der Waals surface area contributed by atoms with Crippen molar-refractivity contribution in [2.45, 2.75) is 20.0 Å². The number of nitrogens with zero attached hydrogens (tertiary/aromatic N) is 1. The van der Waals surface area contributed by atoms with Crippen molar-refractivity contribution in [3.05, 3.63) is 34.4 Å². The van der Waals surface area contributed by atoms with Crippen LogP contribution in [-0.2, 0) is 17.8 Å². The summed E-state index contributed by atoms with van der Waals surface area (Å²) >= 11 is 0. The van der Waals surface area contributed by atoms with E-state index in [1.54, 1.807) is 6.07 Å². The molecule has 16 heavy (non-hydrogen) atoms. The van der Waals surface area contributed by atoms with Crippen LogP contribution in [0.2, 0.25) is 0 Å². The second-order valence-electron chi connectivity index (χ2n) is 3.28. The van der Waals surface area contributed by atoms with Crippen molar-refractivity contribution in [3.8, 4) is 6.07 Å². The molecule has 0 amide bonds. The van der Waals surface area contributed by atoms with Gasteiger partial charge in [0.1, 0.15) is 0 Å². The number of ether oxygens (including phenoxy) is 1. The van der Waals surface area contributed by atoms with Crippen LogP contribution < -0.4 is 0 Å². The molecule has 1 aromatic carbocycles. The summed E-state index contributed by atoms with van der Waals surface area (Å²) in [5, 5.41) is 18.1. The van der Waals surface area contributed by atoms with Gasteiger partial charge in [0, 0.05) is 0 Å². The molecule has 0 saturated heterocycles. The number of methoxy groups -OCH3 is 1. The molecular formula is C12H13NO3. The van der Waals surface area contributed by atoms with Gasteiger partial charge in [0.2, 0.25) is 0 Å². The molecule has 1 N–H and O–H groups in total. The first-order valence-corrected chi connectivity index (χ1v) is 4.93. The molecule has 0 bridgehead atoms. The highest BCUT2D eigenvalue weighted by atomic mass is 16.5. The Morgan fingerprint density at radius 2 is 2.25 bits per heavy atom. The Morgan fingerprint density at radius 3 is 2.69 bits per heavy atom. The molecule has 0 aliphatic rings. The molecule has 4 nitrogen and oxygen atoms in total. The Labute approximate surface area is 94.1 Å². The van der Waals surface area contributed by atoms with Gasteiger partial charge in [0.15, 0.2) is 0 Å². The largest absolute Gasteiger partial charge is 0.465 e. The molecule has 0 unspecified atom stereocenters. The van der Waals surface area contributed by atoms with E-state index in [1.807, 2.05) is 13.0 Å². The van der Waals surface area contributed by atoms with Crippen LogP contribution >= 0.6 is 0 Å². The lowest BCUT2D eigenvalue weighted by Gasteiger charge is -2.09. The average molecular weight is 219 g/mol. The smallest absolute Gasteiger partial charge is 0.337 e. The fraction of sp³-hybridized carbons (Fsp3) is 0.333. The number of hydrogen-bond donors (Lipinski definition) is 1. The molecule has 0 spiro atoms. The van der Waals surface area contributed by atoms with E-state index in [1.165, 1.54) is 13.2 Å². The SMILES string of the molecule is CCc1cc(C(=O)OC)cc(C#N)c1CO. The molecule has 0 atom stereocenters. The normalized spacial score (nSPS) is 9.62. The van der Waals surface area contributed by atoms with Gasteiger partial charge < -0.3 is 9.84 Å². The summed E-state index contributed by atoms with van der Waals surface area (Å²) in [6.07, 6.45) is 0.648. The van der Waals surface area contributed by atoms with Crippen molar-refractivity contribution in [1.29, 1.82) is 5.26 Å². The average Bonchev–Trinajstić information content (AvgIpc) is 2.35. The van der Waals surface area contributed by atoms with E-state index < -0.39 is 5.97 Å². The molecule has 84 valence electrons. The maximum absolute atomic E-state index is 11.4. The van der Waals surface area contributed by atoms with Crippen LogP contribution in [0.25, 0.3) is 0 Å². The quantitative estimate of drug-likeness (QED) is 0.780. The minimum Gasteiger partial charge on any atom is -0.465 e. The molecule has 1 aromatic rings. The number of nitriles is 1. The van der Waals surface area contributed by atoms with E-state index >= 15 is 0 Å². The topological polar surface area (TPSA) is 70.3 Å². The fourth-order valence-electron chi connectivity index (χ4n) is 1.57. The summed E-state index contributed by atoms with van der Waals surface area (Å²) in [6.45, 7) is 1.70. The molecule has 0 aromatic heterocycles. The fourth-order valence-corrected chi connectivity index (χ4v) is 1.57. The van der Waals surface area contributed by atoms with Gasteiger partial charge in [-0.1, -0.05) is 6.92 Å². The van der Waals surface area contributed by atoms with E-state index in [0.29, 0.717) is 23.1 Å². The van der Waals surface area contributed by atoms with Crippen LogP contribution in [0.5, 0.6) is 0 Å². The third-order valence-electron chi connectivity index (χ3n) is 2.42. The maximum Gasteiger partial charge on any atom is 0.337 e. The van der Waals surface area contributed by atoms with Crippen LogP contribution in [0.15, 0.2) is 12.1 Å². The zero-order chi connectivity index (χ0) is 12.1. The van der Waals surface area contributed by atoms with Crippen molar-refractivity contribution in [2.75, 3.05) is 7.11 Å². The van der Waals surface area contributed by atoms with Gasteiger partial charge in [-0.15, -0.1) is 0 Å². The maximum atomic E-state index is 11.4. The molecule has 4 heteroatoms. The van der Waals surface area contributed by atoms with Crippen molar-refractivity contribution in [2.24, 2.45) is 0 Å². The van der Waals surface area contributed by atoms with Crippen molar-refractivity contribution < 1.29 is 14.6 Å². The number of benzene rings is 1. The molecular weight excluding hydrogens is 206 g/mol. The Kier molecular flexibility index (Phi) is 4.03. The molecule has 1 rings (SSSR count). The van der Waals surface area contributed by atoms with Crippen molar-refractivity contribution >= 4 is 5.97 Å². The van der Waals surface area contributed by atoms with Crippen LogP contribution in [0.3, 0.4) is 0 Å². The van der Waals surface area contributed by atoms with Crippen molar-refractivity contribution in [3.63, 3.8) is 0 Å². The minimum absolute atomic E-state index is 0.201. The number of aliphatic hydroxyl groups excluding tert-OH is 1. The second-order valence-corrected chi connectivity index (χ2v) is 3.28. The monoisotopic (exact) mass is 219 g/mol. The number of aryl methyl sites for hydroxylation is 1. The standard InChI is InChI=1S/C12H13NO3/c1-3-8-4-9(12(15)16-2)5-10(6-13)11(8)7-14/h4-5,14H,3,7H2,1-2H3. The lowest BCUT2D eigenvalue weighted by Crippen LogP contribution is -2.06. The van der Waals surface area contributed by atoms with Gasteiger partial charge in [0.05, 0.1) is 30.9 Å². The highest BCUT2D eigenvalue weighted by Crippen LogP contribution is 2.19. The summed E-state index contributed by atoms with van der Waals surface area (Å²) in [5.74, 6) is -0.476. The van der Waals surface area contributed by atoms with Gasteiger partial charge in [0.25, 0.3) is 0 Å². The van der Waals surface area contributed by atoms with Crippen LogP contribution in [-0.4, -0.2) is 18.2 Å². The van der Waals surface area contributed by atoms with E-state index in [9.17, 15) is 9.90 Å². The first-order valence-electron chi connectivity index (χ1n) is 4.93. The molecule has 0 saturated carbocycles. The zero-order valence-corrected chi connectivity index (χ0v) is 9.28. The van der Waals surface area contributed by atoms with Crippen LogP contribution in [0.4, 0.5) is 0 Å². The predicted molar refractivity (Wildman–Crippen MR) is 57.8 cm³/mol. The third-order valence-corrected chi connectivity index (χ3v) is 2.42. The van der Waals surface area contributed by atoms with Crippen LogP contribution in [0.1, 0.15) is 34.0 Å². The van der Waals surface area contributed by atoms with Gasteiger partial charge in [-0.2, -0.15) is 5.26 Å². The molecule has 0 radical (unpaired) electrons. The Bertz CT molecular complexity index is 446. The Balaban J connectivity index is 3.38. The van der Waals surface area contributed by atoms with Crippen LogP contribution in [0, 0.1) is 11.3 Å². The number of rotatable bonds is 3. The van der Waals surface area contributed by atoms with E-state index in [2.05, 4.69) is 4.74 Å². The van der Waals surface area contributed by atoms with Gasteiger partial charge >= 0.3 is 5.97 Å². The summed E-state index contributed by atoms with van der Waals surface area (Å²) in [7, 11) is 1.29. The number of esters is 1. The first kappa shape index (κ1) is 12.2. The Morgan fingerprint density at radius 1 is 1.56 bits per heavy atom. The third kappa shape index (κ3) is 2.20. The lowest BCUT2D eigenvalue weighted by molar-refractivity contribution is 0.0600. The van der Waals surface area contributed by atoms with Gasteiger partial charge in [-0.05, 0) is 29.7 Å². The number of aliphatic hydroxyl groups is 1. The number of carbonyl (C=O) groups excluding carboxylic acids is 1. The zero-order valence-electron chi connectivity index (χ0n) is 9.28. The van der Waals surface area contributed by atoms with Crippen molar-refractivity contribution in [1.82, 2.24) is 0 Å². The molecule has 0 aliphatic carbocycles. The van der Waals surface area contributed by atoms with E-state index in [0.717, 1.165) is 5.56 Å². The van der Waals surface area contributed by atoms with E-state index in [-0.39, 0.29) is 6.61 Å². The molecule has 0 aliphatic heterocycles. The van der Waals surface area contributed by atoms with E-state index in [4.69, 9.17) is 5.26 Å². The van der Waals surface area contributed by atoms with Gasteiger partial charge in [-0.25, -0.2) is 4.79 Å². The predicted octanol–water partition coefficient (Wildman–Crippen LogP) is 1.40. The minimum atomic E-state index is -0.476.